The van der Waals surface area contributed by atoms with Crippen molar-refractivity contribution in [2.75, 3.05) is 18.2 Å². The lowest BCUT2D eigenvalue weighted by atomic mass is 10.2. The summed E-state index contributed by atoms with van der Waals surface area (Å²) < 4.78 is 6.38. The topological polar surface area (TPSA) is 60.2 Å². The maximum absolute atomic E-state index is 5.74. The minimum absolute atomic E-state index is 0.432. The van der Waals surface area contributed by atoms with Crippen LogP contribution in [0, 0.1) is 0 Å². The number of methoxy groups -OCH3 is 1. The number of pyridine rings is 1. The van der Waals surface area contributed by atoms with E-state index in [9.17, 15) is 0 Å². The Hall–Kier alpha value is -2.27. The van der Waals surface area contributed by atoms with Crippen molar-refractivity contribution < 1.29 is 4.74 Å². The first kappa shape index (κ1) is 11.8. The molecule has 0 radical (unpaired) electrons. The molecule has 0 saturated carbocycles. The molecule has 0 saturated heterocycles. The van der Waals surface area contributed by atoms with Gasteiger partial charge < -0.3 is 15.8 Å². The van der Waals surface area contributed by atoms with E-state index in [0.717, 1.165) is 5.69 Å². The molecule has 0 bridgehead atoms. The highest BCUT2D eigenvalue weighted by Gasteiger charge is 2.04. The number of nitrogens with zero attached hydrogens (tertiary/aromatic N) is 1. The van der Waals surface area contributed by atoms with Crippen LogP contribution in [-0.4, -0.2) is 12.1 Å². The number of aromatic nitrogens is 1. The molecule has 2 aromatic heterocycles. The second-order valence-corrected chi connectivity index (χ2v) is 5.04. The molecule has 3 aromatic rings. The van der Waals surface area contributed by atoms with Crippen molar-refractivity contribution in [2.24, 2.45) is 0 Å². The highest BCUT2D eigenvalue weighted by molar-refractivity contribution is 7.17. The van der Waals surface area contributed by atoms with Gasteiger partial charge in [0.1, 0.15) is 5.82 Å². The summed E-state index contributed by atoms with van der Waals surface area (Å²) in [6.45, 7) is 0. The van der Waals surface area contributed by atoms with Crippen molar-refractivity contribution in [3.05, 3.63) is 41.8 Å². The Balaban J connectivity index is 1.91. The van der Waals surface area contributed by atoms with Gasteiger partial charge in [-0.25, -0.2) is 0 Å². The van der Waals surface area contributed by atoms with Crippen molar-refractivity contribution in [3.8, 4) is 5.88 Å². The number of nitrogens with one attached hydrogen (secondary N) is 1. The molecule has 0 amide bonds. The van der Waals surface area contributed by atoms with Crippen molar-refractivity contribution in [1.82, 2.24) is 4.98 Å². The van der Waals surface area contributed by atoms with Gasteiger partial charge in [-0.15, -0.1) is 11.3 Å². The fourth-order valence-electron chi connectivity index (χ4n) is 1.88. The highest BCUT2D eigenvalue weighted by atomic mass is 32.1. The molecule has 0 unspecified atom stereocenters. The van der Waals surface area contributed by atoms with Gasteiger partial charge in [0.15, 0.2) is 0 Å². The van der Waals surface area contributed by atoms with E-state index in [-0.39, 0.29) is 0 Å². The molecule has 0 spiro atoms. The fourth-order valence-corrected chi connectivity index (χ4v) is 2.65. The number of rotatable bonds is 3. The van der Waals surface area contributed by atoms with Crippen molar-refractivity contribution in [2.45, 2.75) is 0 Å². The predicted molar refractivity (Wildman–Crippen MR) is 80.3 cm³/mol. The number of hydrogen-bond acceptors (Lipinski definition) is 5. The Morgan fingerprint density at radius 2 is 2.11 bits per heavy atom. The van der Waals surface area contributed by atoms with Gasteiger partial charge >= 0.3 is 0 Å². The normalized spacial score (nSPS) is 10.6. The number of ether oxygens (including phenoxy) is 1. The molecule has 0 atom stereocenters. The maximum atomic E-state index is 5.74. The minimum atomic E-state index is 0.432. The van der Waals surface area contributed by atoms with Gasteiger partial charge in [0, 0.05) is 10.4 Å². The monoisotopic (exact) mass is 271 g/mol. The summed E-state index contributed by atoms with van der Waals surface area (Å²) in [5.74, 6) is 1.14. The molecule has 1 aromatic carbocycles. The largest absolute Gasteiger partial charge is 0.479 e. The third kappa shape index (κ3) is 2.32. The average Bonchev–Trinajstić information content (AvgIpc) is 2.88. The number of anilines is 3. The highest BCUT2D eigenvalue weighted by Crippen LogP contribution is 2.27. The molecule has 4 nitrogen and oxygen atoms in total. The minimum Gasteiger partial charge on any atom is -0.479 e. The summed E-state index contributed by atoms with van der Waals surface area (Å²) >= 11 is 1.73. The van der Waals surface area contributed by atoms with Crippen molar-refractivity contribution in [3.63, 3.8) is 0 Å². The molecule has 3 N–H and O–H groups in total. The number of hydrogen-bond donors (Lipinski definition) is 2. The zero-order valence-corrected chi connectivity index (χ0v) is 11.2. The molecule has 19 heavy (non-hydrogen) atoms. The molecular weight excluding hydrogens is 258 g/mol. The molecule has 96 valence electrons. The Morgan fingerprint density at radius 1 is 1.21 bits per heavy atom. The first-order valence-corrected chi connectivity index (χ1v) is 6.69. The lowest BCUT2D eigenvalue weighted by Gasteiger charge is -2.08. The Kier molecular flexibility index (Phi) is 2.97. The van der Waals surface area contributed by atoms with E-state index in [1.807, 2.05) is 12.1 Å². The van der Waals surface area contributed by atoms with Crippen LogP contribution in [0.2, 0.25) is 0 Å². The van der Waals surface area contributed by atoms with Crippen LogP contribution in [0.4, 0.5) is 17.2 Å². The number of benzene rings is 1. The van der Waals surface area contributed by atoms with E-state index < -0.39 is 0 Å². The number of nitrogen functional groups attached to an aromatic ring is 1. The molecule has 0 fully saturated rings. The fraction of sp³-hybridized carbons (Fsp3) is 0.0714. The Labute approximate surface area is 114 Å². The lowest BCUT2D eigenvalue weighted by molar-refractivity contribution is 0.401. The number of fused-ring (bicyclic) bond motifs is 1. The van der Waals surface area contributed by atoms with Gasteiger partial charge in [0.2, 0.25) is 5.88 Å². The average molecular weight is 271 g/mol. The molecule has 0 aliphatic heterocycles. The van der Waals surface area contributed by atoms with Crippen LogP contribution >= 0.6 is 11.3 Å². The summed E-state index contributed by atoms with van der Waals surface area (Å²) in [5, 5.41) is 6.55. The molecule has 3 rings (SSSR count). The van der Waals surface area contributed by atoms with Crippen LogP contribution in [0.1, 0.15) is 0 Å². The van der Waals surface area contributed by atoms with Crippen LogP contribution in [-0.2, 0) is 0 Å². The van der Waals surface area contributed by atoms with E-state index in [4.69, 9.17) is 10.5 Å². The maximum Gasteiger partial charge on any atom is 0.238 e. The summed E-state index contributed by atoms with van der Waals surface area (Å²) in [4.78, 5) is 4.30. The Bertz CT molecular complexity index is 724. The zero-order valence-electron chi connectivity index (χ0n) is 10.4. The zero-order chi connectivity index (χ0) is 13.2. The number of thiophene rings is 1. The van der Waals surface area contributed by atoms with E-state index in [1.165, 1.54) is 10.1 Å². The van der Waals surface area contributed by atoms with E-state index in [0.29, 0.717) is 17.4 Å². The van der Waals surface area contributed by atoms with Gasteiger partial charge in [0.25, 0.3) is 0 Å². The Morgan fingerprint density at radius 3 is 2.95 bits per heavy atom. The van der Waals surface area contributed by atoms with E-state index >= 15 is 0 Å². The van der Waals surface area contributed by atoms with Gasteiger partial charge in [-0.1, -0.05) is 0 Å². The van der Waals surface area contributed by atoms with Gasteiger partial charge in [0.05, 0.1) is 12.8 Å². The quantitative estimate of drug-likeness (QED) is 0.763. The number of nitrogens with two attached hydrogens (primary N) is 1. The molecule has 2 heterocycles. The second-order valence-electron chi connectivity index (χ2n) is 4.09. The van der Waals surface area contributed by atoms with Crippen LogP contribution < -0.4 is 15.8 Å². The van der Waals surface area contributed by atoms with Gasteiger partial charge in [-0.2, -0.15) is 4.98 Å². The van der Waals surface area contributed by atoms with Gasteiger partial charge in [-0.3, -0.25) is 0 Å². The third-order valence-corrected chi connectivity index (χ3v) is 3.71. The summed E-state index contributed by atoms with van der Waals surface area (Å²) in [7, 11) is 1.56. The summed E-state index contributed by atoms with van der Waals surface area (Å²) in [6.07, 6.45) is 0. The third-order valence-electron chi connectivity index (χ3n) is 2.81. The molecular formula is C14H13N3OS. The molecule has 0 aliphatic rings. The van der Waals surface area contributed by atoms with Crippen LogP contribution in [0.5, 0.6) is 5.88 Å². The van der Waals surface area contributed by atoms with Crippen molar-refractivity contribution in [1.29, 1.82) is 0 Å². The van der Waals surface area contributed by atoms with Crippen molar-refractivity contribution >= 4 is 38.6 Å². The predicted octanol–water partition coefficient (Wildman–Crippen LogP) is 3.63. The first-order chi connectivity index (χ1) is 9.26. The lowest BCUT2D eigenvalue weighted by Crippen LogP contribution is -1.99. The van der Waals surface area contributed by atoms with Crippen LogP contribution in [0.15, 0.2) is 41.8 Å². The van der Waals surface area contributed by atoms with E-state index in [2.05, 4.69) is 33.9 Å². The standard InChI is InChI=1S/C14H13N3OS/c1-18-14-11(15)3-5-13(17-14)16-10-2-4-12-9(8-10)6-7-19-12/h2-8H,15H2,1H3,(H,16,17). The second kappa shape index (κ2) is 4.78. The first-order valence-electron chi connectivity index (χ1n) is 5.81. The molecule has 5 heteroatoms. The summed E-state index contributed by atoms with van der Waals surface area (Å²) in [5.41, 5.74) is 7.26. The summed E-state index contributed by atoms with van der Waals surface area (Å²) in [6, 6.07) is 11.9. The molecule has 0 aliphatic carbocycles. The van der Waals surface area contributed by atoms with Crippen LogP contribution in [0.25, 0.3) is 10.1 Å². The SMILES string of the molecule is COc1nc(Nc2ccc3sccc3c2)ccc1N. The van der Waals surface area contributed by atoms with Crippen LogP contribution in [0.3, 0.4) is 0 Å². The van der Waals surface area contributed by atoms with E-state index in [1.54, 1.807) is 24.5 Å². The van der Waals surface area contributed by atoms with Gasteiger partial charge in [-0.05, 0) is 47.2 Å². The smallest absolute Gasteiger partial charge is 0.238 e.